The van der Waals surface area contributed by atoms with E-state index in [1.165, 1.54) is 17.2 Å². The van der Waals surface area contributed by atoms with Gasteiger partial charge in [0.05, 0.1) is 5.56 Å². The molecule has 0 saturated carbocycles. The molecule has 0 unspecified atom stereocenters. The predicted molar refractivity (Wildman–Crippen MR) is 101 cm³/mol. The molecule has 0 fully saturated rings. The molecule has 0 radical (unpaired) electrons. The van der Waals surface area contributed by atoms with Crippen LogP contribution in [-0.2, 0) is 10.8 Å². The summed E-state index contributed by atoms with van der Waals surface area (Å²) in [6, 6.07) is 7.19. The molecule has 3 heteroatoms. The number of aldehydes is 1. The number of carbonyl (C=O) groups is 1. The minimum atomic E-state index is -0.201. The molecule has 0 aliphatic heterocycles. The zero-order chi connectivity index (χ0) is 18.6. The molecular weight excluding hydrogens is 312 g/mol. The normalized spacial score (nSPS) is 17.8. The Morgan fingerprint density at radius 2 is 1.40 bits per heavy atom. The smallest absolute Gasteiger partial charge is 0.153 e. The predicted octanol–water partition coefficient (Wildman–Crippen LogP) is 5.23. The van der Waals surface area contributed by atoms with Crippen molar-refractivity contribution in [3.63, 3.8) is 0 Å². The minimum absolute atomic E-state index is 0.0148. The highest BCUT2D eigenvalue weighted by Crippen LogP contribution is 2.48. The SMILES string of the molecule is Cc1cc2c(cc1-c1cc(C=O)c(O)cc1O)C(C)(C)CCC2(C)C. The molecule has 1 aliphatic rings. The largest absolute Gasteiger partial charge is 0.507 e. The number of hydrogen-bond donors (Lipinski definition) is 2. The Morgan fingerprint density at radius 3 is 1.96 bits per heavy atom. The van der Waals surface area contributed by atoms with Crippen LogP contribution in [0.4, 0.5) is 0 Å². The van der Waals surface area contributed by atoms with Crippen LogP contribution in [0.15, 0.2) is 24.3 Å². The van der Waals surface area contributed by atoms with Crippen molar-refractivity contribution in [1.29, 1.82) is 0 Å². The lowest BCUT2D eigenvalue weighted by Crippen LogP contribution is -2.34. The maximum atomic E-state index is 11.2. The van der Waals surface area contributed by atoms with Gasteiger partial charge < -0.3 is 10.2 Å². The molecule has 132 valence electrons. The summed E-state index contributed by atoms with van der Waals surface area (Å²) in [6.07, 6.45) is 2.86. The number of benzene rings is 2. The summed E-state index contributed by atoms with van der Waals surface area (Å²) in [5.74, 6) is -0.215. The second-order valence-corrected chi connectivity index (χ2v) is 8.53. The number of hydrogen-bond acceptors (Lipinski definition) is 3. The van der Waals surface area contributed by atoms with Gasteiger partial charge in [-0.25, -0.2) is 0 Å². The maximum absolute atomic E-state index is 11.2. The molecular formula is C22H26O3. The van der Waals surface area contributed by atoms with Gasteiger partial charge in [0, 0.05) is 11.6 Å². The van der Waals surface area contributed by atoms with Crippen molar-refractivity contribution < 1.29 is 15.0 Å². The van der Waals surface area contributed by atoms with Crippen LogP contribution in [-0.4, -0.2) is 16.5 Å². The van der Waals surface area contributed by atoms with Gasteiger partial charge in [-0.15, -0.1) is 0 Å². The molecule has 0 aromatic heterocycles. The van der Waals surface area contributed by atoms with Crippen molar-refractivity contribution in [3.05, 3.63) is 46.5 Å². The zero-order valence-corrected chi connectivity index (χ0v) is 15.6. The standard InChI is InChI=1S/C22H26O3/c1-13-8-17-18(22(4,5)7-6-21(17,2)3)10-15(13)16-9-14(12-23)19(24)11-20(16)25/h8-12,24-25H,6-7H2,1-5H3. The summed E-state index contributed by atoms with van der Waals surface area (Å²) >= 11 is 0. The first-order valence-electron chi connectivity index (χ1n) is 8.74. The summed E-state index contributed by atoms with van der Waals surface area (Å²) in [5.41, 5.74) is 5.58. The molecule has 0 amide bonds. The molecule has 0 spiro atoms. The van der Waals surface area contributed by atoms with Gasteiger partial charge in [-0.3, -0.25) is 4.79 Å². The second-order valence-electron chi connectivity index (χ2n) is 8.53. The first-order valence-corrected chi connectivity index (χ1v) is 8.74. The molecule has 0 atom stereocenters. The zero-order valence-electron chi connectivity index (χ0n) is 15.6. The minimum Gasteiger partial charge on any atom is -0.507 e. The summed E-state index contributed by atoms with van der Waals surface area (Å²) < 4.78 is 0. The fourth-order valence-electron chi connectivity index (χ4n) is 3.92. The molecule has 0 bridgehead atoms. The van der Waals surface area contributed by atoms with E-state index in [1.54, 1.807) is 6.07 Å². The van der Waals surface area contributed by atoms with E-state index in [1.807, 2.05) is 6.92 Å². The van der Waals surface area contributed by atoms with Crippen molar-refractivity contribution in [1.82, 2.24) is 0 Å². The second kappa shape index (κ2) is 5.62. The fourth-order valence-corrected chi connectivity index (χ4v) is 3.92. The van der Waals surface area contributed by atoms with Crippen molar-refractivity contribution in [3.8, 4) is 22.6 Å². The van der Waals surface area contributed by atoms with E-state index in [-0.39, 0.29) is 27.9 Å². The molecule has 0 saturated heterocycles. The Kier molecular flexibility index (Phi) is 3.94. The molecule has 25 heavy (non-hydrogen) atoms. The molecule has 3 nitrogen and oxygen atoms in total. The van der Waals surface area contributed by atoms with E-state index in [0.29, 0.717) is 11.8 Å². The van der Waals surface area contributed by atoms with Crippen LogP contribution in [0.5, 0.6) is 11.5 Å². The van der Waals surface area contributed by atoms with E-state index in [2.05, 4.69) is 39.8 Å². The number of aromatic hydroxyl groups is 2. The Hall–Kier alpha value is -2.29. The lowest BCUT2D eigenvalue weighted by molar-refractivity contribution is 0.112. The average molecular weight is 338 g/mol. The number of rotatable bonds is 2. The van der Waals surface area contributed by atoms with Crippen LogP contribution in [0.1, 0.15) is 67.6 Å². The lowest BCUT2D eigenvalue weighted by atomic mass is 9.62. The van der Waals surface area contributed by atoms with E-state index < -0.39 is 0 Å². The van der Waals surface area contributed by atoms with Gasteiger partial charge in [-0.05, 0) is 65.0 Å². The fraction of sp³-hybridized carbons (Fsp3) is 0.409. The van der Waals surface area contributed by atoms with Crippen molar-refractivity contribution in [2.24, 2.45) is 0 Å². The van der Waals surface area contributed by atoms with Crippen LogP contribution in [0, 0.1) is 6.92 Å². The van der Waals surface area contributed by atoms with Gasteiger partial charge in [0.2, 0.25) is 0 Å². The lowest BCUT2D eigenvalue weighted by Gasteiger charge is -2.42. The summed E-state index contributed by atoms with van der Waals surface area (Å²) in [6.45, 7) is 11.1. The van der Waals surface area contributed by atoms with Crippen LogP contribution >= 0.6 is 0 Å². The highest BCUT2D eigenvalue weighted by Gasteiger charge is 2.37. The summed E-state index contributed by atoms with van der Waals surface area (Å²) in [5, 5.41) is 20.1. The Bertz CT molecular complexity index is 860. The average Bonchev–Trinajstić information content (AvgIpc) is 2.52. The molecule has 0 heterocycles. The Labute approximate surface area is 149 Å². The van der Waals surface area contributed by atoms with Crippen LogP contribution in [0.2, 0.25) is 0 Å². The first-order chi connectivity index (χ1) is 11.6. The van der Waals surface area contributed by atoms with Gasteiger partial charge in [0.15, 0.2) is 6.29 Å². The third kappa shape index (κ3) is 2.82. The number of aryl methyl sites for hydroxylation is 1. The Morgan fingerprint density at radius 1 is 0.840 bits per heavy atom. The topological polar surface area (TPSA) is 57.5 Å². The molecule has 1 aliphatic carbocycles. The molecule has 3 rings (SSSR count). The van der Waals surface area contributed by atoms with Crippen LogP contribution in [0.3, 0.4) is 0 Å². The van der Waals surface area contributed by atoms with Gasteiger partial charge >= 0.3 is 0 Å². The van der Waals surface area contributed by atoms with Crippen molar-refractivity contribution in [2.75, 3.05) is 0 Å². The number of phenols is 2. The highest BCUT2D eigenvalue weighted by atomic mass is 16.3. The quantitative estimate of drug-likeness (QED) is 0.737. The summed E-state index contributed by atoms with van der Waals surface area (Å²) in [7, 11) is 0. The van der Waals surface area contributed by atoms with E-state index in [0.717, 1.165) is 24.0 Å². The van der Waals surface area contributed by atoms with Crippen LogP contribution < -0.4 is 0 Å². The van der Waals surface area contributed by atoms with Gasteiger partial charge in [0.1, 0.15) is 11.5 Å². The number of fused-ring (bicyclic) bond motifs is 1. The monoisotopic (exact) mass is 338 g/mol. The highest BCUT2D eigenvalue weighted by molar-refractivity contribution is 5.86. The van der Waals surface area contributed by atoms with E-state index in [9.17, 15) is 15.0 Å². The third-order valence-corrected chi connectivity index (χ3v) is 5.76. The van der Waals surface area contributed by atoms with Crippen LogP contribution in [0.25, 0.3) is 11.1 Å². The number of phenolic OH excluding ortho intramolecular Hbond substituents is 2. The van der Waals surface area contributed by atoms with E-state index in [4.69, 9.17) is 0 Å². The van der Waals surface area contributed by atoms with Gasteiger partial charge in [0.25, 0.3) is 0 Å². The molecule has 2 aromatic rings. The van der Waals surface area contributed by atoms with Gasteiger partial charge in [-0.2, -0.15) is 0 Å². The molecule has 2 aromatic carbocycles. The molecule has 2 N–H and O–H groups in total. The Balaban J connectivity index is 2.29. The summed E-state index contributed by atoms with van der Waals surface area (Å²) in [4.78, 5) is 11.2. The van der Waals surface area contributed by atoms with Gasteiger partial charge in [-0.1, -0.05) is 33.8 Å². The van der Waals surface area contributed by atoms with Crippen molar-refractivity contribution in [2.45, 2.75) is 58.3 Å². The maximum Gasteiger partial charge on any atom is 0.153 e. The van der Waals surface area contributed by atoms with Crippen molar-refractivity contribution >= 4 is 6.29 Å². The third-order valence-electron chi connectivity index (χ3n) is 5.76. The first kappa shape index (κ1) is 17.5. The van der Waals surface area contributed by atoms with E-state index >= 15 is 0 Å². The number of carbonyl (C=O) groups excluding carboxylic acids is 1.